The molecule has 0 N–H and O–H groups in total. The highest BCUT2D eigenvalue weighted by Crippen LogP contribution is 2.44. The fraction of sp³-hybridized carbons (Fsp3) is 0.607. The summed E-state index contributed by atoms with van der Waals surface area (Å²) in [5.74, 6) is 8.30. The molecule has 3 aliphatic carbocycles. The number of hydrogen-bond donors (Lipinski definition) is 0. The average Bonchev–Trinajstić information content (AvgIpc) is 3.29. The molecule has 2 saturated carbocycles. The molecule has 0 spiro atoms. The molecule has 0 aliphatic heterocycles. The molecule has 4 heteroatoms. The molecule has 1 atom stereocenters. The predicted octanol–water partition coefficient (Wildman–Crippen LogP) is 8.39. The summed E-state index contributed by atoms with van der Waals surface area (Å²) in [5.41, 5.74) is 2.80. The van der Waals surface area contributed by atoms with E-state index in [-0.39, 0.29) is 4.90 Å². The quantitative estimate of drug-likeness (QED) is 0.260. The maximum Gasteiger partial charge on any atom is 0.142 e. The van der Waals surface area contributed by atoms with E-state index in [1.807, 2.05) is 0 Å². The normalized spacial score (nSPS) is 26.5. The highest BCUT2D eigenvalue weighted by Gasteiger charge is 2.31. The van der Waals surface area contributed by atoms with E-state index in [1.165, 1.54) is 81.9 Å². The molecule has 1 aromatic carbocycles. The van der Waals surface area contributed by atoms with Crippen molar-refractivity contribution in [1.29, 1.82) is 5.26 Å². The Morgan fingerprint density at radius 2 is 1.56 bits per heavy atom. The Hall–Kier alpha value is -1.78. The molecule has 1 aromatic rings. The Kier molecular flexibility index (Phi) is 7.96. The number of hydrogen-bond acceptors (Lipinski definition) is 2. The lowest BCUT2D eigenvalue weighted by Gasteiger charge is -2.37. The van der Waals surface area contributed by atoms with Gasteiger partial charge in [0.25, 0.3) is 0 Å². The molecule has 170 valence electrons. The summed E-state index contributed by atoms with van der Waals surface area (Å²) < 4.78 is 28.1. The zero-order chi connectivity index (χ0) is 22.5. The maximum atomic E-state index is 14.0. The van der Waals surface area contributed by atoms with E-state index < -0.39 is 11.6 Å². The lowest BCUT2D eigenvalue weighted by molar-refractivity contribution is 0.174. The van der Waals surface area contributed by atoms with Crippen molar-refractivity contribution in [1.82, 2.24) is 0 Å². The van der Waals surface area contributed by atoms with Crippen molar-refractivity contribution in [3.63, 3.8) is 0 Å². The zero-order valence-corrected chi connectivity index (χ0v) is 19.9. The second-order valence-electron chi connectivity index (χ2n) is 10.1. The second kappa shape index (κ2) is 10.9. The van der Waals surface area contributed by atoms with Crippen molar-refractivity contribution in [2.45, 2.75) is 88.9 Å². The topological polar surface area (TPSA) is 23.8 Å². The van der Waals surface area contributed by atoms with Gasteiger partial charge in [-0.15, -0.1) is 0 Å². The summed E-state index contributed by atoms with van der Waals surface area (Å²) in [6, 6.07) is 2.45. The van der Waals surface area contributed by atoms with E-state index in [4.69, 9.17) is 5.26 Å². The number of thioether (sulfide) groups is 1. The Morgan fingerprint density at radius 1 is 0.906 bits per heavy atom. The van der Waals surface area contributed by atoms with Gasteiger partial charge in [0.05, 0.1) is 4.90 Å². The van der Waals surface area contributed by atoms with Crippen molar-refractivity contribution in [2.75, 3.05) is 0 Å². The summed E-state index contributed by atoms with van der Waals surface area (Å²) in [7, 11) is 0. The SMILES string of the molecule is CC1=C(C#Cc2cc(F)c(SC#N)c(F)c2)CCC(C2CCC(CC3CCCC3)CC2)C1. The summed E-state index contributed by atoms with van der Waals surface area (Å²) in [6.07, 6.45) is 16.2. The van der Waals surface area contributed by atoms with Crippen LogP contribution in [0.3, 0.4) is 0 Å². The van der Waals surface area contributed by atoms with Crippen LogP contribution in [0.5, 0.6) is 0 Å². The first-order chi connectivity index (χ1) is 15.5. The largest absolute Gasteiger partial charge is 0.206 e. The second-order valence-corrected chi connectivity index (χ2v) is 10.9. The molecule has 4 rings (SSSR count). The third-order valence-corrected chi connectivity index (χ3v) is 8.74. The van der Waals surface area contributed by atoms with Crippen LogP contribution in [-0.2, 0) is 0 Å². The lowest BCUT2D eigenvalue weighted by Crippen LogP contribution is -2.25. The molecule has 0 amide bonds. The van der Waals surface area contributed by atoms with Crippen LogP contribution in [0.1, 0.15) is 89.5 Å². The van der Waals surface area contributed by atoms with Gasteiger partial charge in [0.15, 0.2) is 0 Å². The third kappa shape index (κ3) is 5.77. The molecule has 0 radical (unpaired) electrons. The molecule has 0 heterocycles. The molecule has 0 saturated heterocycles. The van der Waals surface area contributed by atoms with Crippen LogP contribution >= 0.6 is 11.8 Å². The Balaban J connectivity index is 1.33. The number of nitriles is 1. The number of thiocyanates is 1. The van der Waals surface area contributed by atoms with Gasteiger partial charge in [-0.1, -0.05) is 55.9 Å². The Labute approximate surface area is 196 Å². The Bertz CT molecular complexity index is 927. The monoisotopic (exact) mass is 453 g/mol. The van der Waals surface area contributed by atoms with Gasteiger partial charge in [0.2, 0.25) is 0 Å². The van der Waals surface area contributed by atoms with Gasteiger partial charge >= 0.3 is 0 Å². The van der Waals surface area contributed by atoms with E-state index >= 15 is 0 Å². The minimum absolute atomic E-state index is 0.257. The van der Waals surface area contributed by atoms with Crippen molar-refractivity contribution >= 4 is 11.8 Å². The van der Waals surface area contributed by atoms with Crippen molar-refractivity contribution < 1.29 is 8.78 Å². The number of benzene rings is 1. The van der Waals surface area contributed by atoms with Gasteiger partial charge in [-0.25, -0.2) is 8.78 Å². The summed E-state index contributed by atoms with van der Waals surface area (Å²) in [4.78, 5) is -0.257. The zero-order valence-electron chi connectivity index (χ0n) is 19.1. The predicted molar refractivity (Wildman–Crippen MR) is 127 cm³/mol. The average molecular weight is 454 g/mol. The summed E-state index contributed by atoms with van der Waals surface area (Å²) in [5, 5.41) is 10.4. The van der Waals surface area contributed by atoms with Crippen LogP contribution in [-0.4, -0.2) is 0 Å². The summed E-state index contributed by atoms with van der Waals surface area (Å²) >= 11 is 0.503. The first-order valence-corrected chi connectivity index (χ1v) is 13.1. The summed E-state index contributed by atoms with van der Waals surface area (Å²) in [6.45, 7) is 2.18. The van der Waals surface area contributed by atoms with Gasteiger partial charge in [0, 0.05) is 11.1 Å². The maximum absolute atomic E-state index is 14.0. The highest BCUT2D eigenvalue weighted by molar-refractivity contribution is 8.03. The van der Waals surface area contributed by atoms with E-state index in [9.17, 15) is 8.78 Å². The van der Waals surface area contributed by atoms with Crippen LogP contribution in [0, 0.1) is 57.8 Å². The molecule has 3 aliphatic rings. The third-order valence-electron chi connectivity index (χ3n) is 8.05. The first-order valence-electron chi connectivity index (χ1n) is 12.3. The molecular formula is C28H33F2NS. The minimum Gasteiger partial charge on any atom is -0.206 e. The standard InChI is InChI=1S/C28H33F2NS/c1-19-14-25(24-10-6-21(7-11-24)15-20-4-2-3-5-20)13-12-23(19)9-8-22-16-26(29)28(32-18-31)27(30)17-22/h16-17,20-21,24-25H,2-7,10-15H2,1H3. The van der Waals surface area contributed by atoms with Crippen LogP contribution in [0.15, 0.2) is 28.2 Å². The van der Waals surface area contributed by atoms with Crippen molar-refractivity contribution in [3.8, 4) is 17.2 Å². The molecule has 0 bridgehead atoms. The first kappa shape index (κ1) is 23.4. The van der Waals surface area contributed by atoms with E-state index in [0.29, 0.717) is 17.3 Å². The van der Waals surface area contributed by atoms with E-state index in [1.54, 1.807) is 5.40 Å². The molecular weight excluding hydrogens is 420 g/mol. The molecule has 32 heavy (non-hydrogen) atoms. The number of allylic oxidation sites excluding steroid dienone is 2. The molecule has 1 nitrogen and oxygen atoms in total. The molecule has 0 aromatic heterocycles. The van der Waals surface area contributed by atoms with Crippen molar-refractivity contribution in [3.05, 3.63) is 40.5 Å². The van der Waals surface area contributed by atoms with Crippen LogP contribution < -0.4 is 0 Å². The van der Waals surface area contributed by atoms with Gasteiger partial charge < -0.3 is 0 Å². The van der Waals surface area contributed by atoms with Crippen LogP contribution in [0.4, 0.5) is 8.78 Å². The minimum atomic E-state index is -0.723. The van der Waals surface area contributed by atoms with E-state index in [2.05, 4.69) is 18.8 Å². The van der Waals surface area contributed by atoms with Gasteiger partial charge in [-0.3, -0.25) is 0 Å². The van der Waals surface area contributed by atoms with Crippen molar-refractivity contribution in [2.24, 2.45) is 23.7 Å². The number of halogens is 2. The van der Waals surface area contributed by atoms with Gasteiger partial charge in [-0.05, 0) is 93.0 Å². The fourth-order valence-corrected chi connectivity index (χ4v) is 6.67. The fourth-order valence-electron chi connectivity index (χ4n) is 6.27. The van der Waals surface area contributed by atoms with Crippen LogP contribution in [0.2, 0.25) is 0 Å². The lowest BCUT2D eigenvalue weighted by atomic mass is 9.69. The van der Waals surface area contributed by atoms with Gasteiger partial charge in [-0.2, -0.15) is 5.26 Å². The smallest absolute Gasteiger partial charge is 0.142 e. The number of nitrogens with zero attached hydrogens (tertiary/aromatic N) is 1. The van der Waals surface area contributed by atoms with Crippen LogP contribution in [0.25, 0.3) is 0 Å². The highest BCUT2D eigenvalue weighted by atomic mass is 32.2. The molecule has 2 fully saturated rings. The number of rotatable bonds is 4. The molecule has 1 unspecified atom stereocenters. The van der Waals surface area contributed by atoms with E-state index in [0.717, 1.165) is 42.1 Å². The van der Waals surface area contributed by atoms with Gasteiger partial charge in [0.1, 0.15) is 17.0 Å². The Morgan fingerprint density at radius 3 is 2.19 bits per heavy atom.